The van der Waals surface area contributed by atoms with Crippen LogP contribution in [0.3, 0.4) is 0 Å². The summed E-state index contributed by atoms with van der Waals surface area (Å²) in [5.74, 6) is 1.73. The number of aryl methyl sites for hydroxylation is 1. The fraction of sp³-hybridized carbons (Fsp3) is 0.0370. The number of nitrogens with zero attached hydrogens (tertiary/aromatic N) is 2. The SMILES string of the molecule is Cc1ccc2nc(-c3ccc(-c4ccc(-c5nc6ccc(N)cc6[nH]5)cc4)cc3)[nH]c2c1. The summed E-state index contributed by atoms with van der Waals surface area (Å²) in [4.78, 5) is 16.2. The quantitative estimate of drug-likeness (QED) is 0.295. The molecule has 4 aromatic carbocycles. The van der Waals surface area contributed by atoms with Gasteiger partial charge >= 0.3 is 0 Å². The summed E-state index contributed by atoms with van der Waals surface area (Å²) in [6.07, 6.45) is 0. The van der Waals surface area contributed by atoms with Gasteiger partial charge in [0.2, 0.25) is 0 Å². The van der Waals surface area contributed by atoms with Gasteiger partial charge in [0.1, 0.15) is 11.6 Å². The van der Waals surface area contributed by atoms with Gasteiger partial charge in [-0.2, -0.15) is 0 Å². The average Bonchev–Trinajstić information content (AvgIpc) is 3.43. The summed E-state index contributed by atoms with van der Waals surface area (Å²) in [6.45, 7) is 2.09. The second-order valence-electron chi connectivity index (χ2n) is 8.12. The first-order chi connectivity index (χ1) is 15.6. The normalized spacial score (nSPS) is 11.4. The van der Waals surface area contributed by atoms with Gasteiger partial charge in [-0.25, -0.2) is 9.97 Å². The number of fused-ring (bicyclic) bond motifs is 2. The first-order valence-corrected chi connectivity index (χ1v) is 10.6. The zero-order chi connectivity index (χ0) is 21.7. The van der Waals surface area contributed by atoms with Gasteiger partial charge in [-0.15, -0.1) is 0 Å². The van der Waals surface area contributed by atoms with Crippen LogP contribution in [0.25, 0.3) is 56.0 Å². The van der Waals surface area contributed by atoms with Crippen LogP contribution in [-0.2, 0) is 0 Å². The predicted octanol–water partition coefficient (Wildman–Crippen LogP) is 6.33. The van der Waals surface area contributed by atoms with Crippen molar-refractivity contribution in [3.8, 4) is 33.9 Å². The van der Waals surface area contributed by atoms with E-state index in [4.69, 9.17) is 10.7 Å². The lowest BCUT2D eigenvalue weighted by Crippen LogP contribution is -1.84. The standard InChI is InChI=1S/C27H21N5/c1-16-2-12-22-24(14-16)31-26(29-22)19-7-3-17(4-8-19)18-5-9-20(10-6-18)27-30-23-13-11-21(28)15-25(23)32-27/h2-15H,28H2,1H3,(H,29,31)(H,30,32). The lowest BCUT2D eigenvalue weighted by Gasteiger charge is -2.04. The summed E-state index contributed by atoms with van der Waals surface area (Å²) in [5, 5.41) is 0. The van der Waals surface area contributed by atoms with Crippen molar-refractivity contribution in [1.29, 1.82) is 0 Å². The van der Waals surface area contributed by atoms with E-state index in [-0.39, 0.29) is 0 Å². The number of benzene rings is 4. The minimum atomic E-state index is 0.726. The van der Waals surface area contributed by atoms with E-state index in [1.54, 1.807) is 0 Å². The number of nitrogens with two attached hydrogens (primary N) is 1. The lowest BCUT2D eigenvalue weighted by molar-refractivity contribution is 1.33. The second kappa shape index (κ2) is 7.10. The minimum Gasteiger partial charge on any atom is -0.399 e. The molecule has 2 heterocycles. The molecule has 154 valence electrons. The summed E-state index contributed by atoms with van der Waals surface area (Å²) in [5.41, 5.74) is 16.1. The van der Waals surface area contributed by atoms with Crippen molar-refractivity contribution in [2.45, 2.75) is 6.92 Å². The van der Waals surface area contributed by atoms with Gasteiger partial charge in [0.15, 0.2) is 0 Å². The van der Waals surface area contributed by atoms with E-state index in [0.29, 0.717) is 0 Å². The Morgan fingerprint density at radius 2 is 1.03 bits per heavy atom. The van der Waals surface area contributed by atoms with Crippen LogP contribution in [0.4, 0.5) is 5.69 Å². The molecule has 0 saturated carbocycles. The third kappa shape index (κ3) is 3.20. The molecule has 0 atom stereocenters. The molecule has 0 unspecified atom stereocenters. The highest BCUT2D eigenvalue weighted by molar-refractivity contribution is 5.83. The molecule has 2 aromatic heterocycles. The molecule has 0 fully saturated rings. The molecule has 5 heteroatoms. The number of nitrogen functional groups attached to an aromatic ring is 1. The van der Waals surface area contributed by atoms with E-state index in [1.165, 1.54) is 5.56 Å². The molecular formula is C27H21N5. The molecule has 6 rings (SSSR count). The topological polar surface area (TPSA) is 83.4 Å². The molecule has 5 nitrogen and oxygen atoms in total. The van der Waals surface area contributed by atoms with Crippen molar-refractivity contribution in [2.75, 3.05) is 5.73 Å². The number of anilines is 1. The van der Waals surface area contributed by atoms with Crippen LogP contribution in [-0.4, -0.2) is 19.9 Å². The fourth-order valence-electron chi connectivity index (χ4n) is 4.07. The molecule has 0 bridgehead atoms. The Balaban J connectivity index is 1.27. The zero-order valence-corrected chi connectivity index (χ0v) is 17.6. The molecule has 0 aliphatic rings. The number of nitrogens with one attached hydrogen (secondary N) is 2. The Morgan fingerprint density at radius 1 is 0.562 bits per heavy atom. The van der Waals surface area contributed by atoms with Crippen LogP contribution in [0.1, 0.15) is 5.56 Å². The van der Waals surface area contributed by atoms with Crippen molar-refractivity contribution < 1.29 is 0 Å². The van der Waals surface area contributed by atoms with Crippen LogP contribution in [0.2, 0.25) is 0 Å². The molecule has 0 radical (unpaired) electrons. The van der Waals surface area contributed by atoms with Crippen LogP contribution in [0.5, 0.6) is 0 Å². The number of rotatable bonds is 3. The zero-order valence-electron chi connectivity index (χ0n) is 17.6. The van der Waals surface area contributed by atoms with Crippen LogP contribution < -0.4 is 5.73 Å². The molecule has 6 aromatic rings. The van der Waals surface area contributed by atoms with Crippen LogP contribution in [0, 0.1) is 6.92 Å². The first kappa shape index (κ1) is 18.4. The van der Waals surface area contributed by atoms with Crippen LogP contribution >= 0.6 is 0 Å². The minimum absolute atomic E-state index is 0.726. The lowest BCUT2D eigenvalue weighted by atomic mass is 10.0. The van der Waals surface area contributed by atoms with Crippen LogP contribution in [0.15, 0.2) is 84.9 Å². The van der Waals surface area contributed by atoms with E-state index in [9.17, 15) is 0 Å². The highest BCUT2D eigenvalue weighted by Gasteiger charge is 2.08. The highest BCUT2D eigenvalue weighted by atomic mass is 14.9. The van der Waals surface area contributed by atoms with Crippen molar-refractivity contribution in [1.82, 2.24) is 19.9 Å². The van der Waals surface area contributed by atoms with Gasteiger partial charge in [0, 0.05) is 16.8 Å². The molecule has 0 aliphatic carbocycles. The molecule has 0 spiro atoms. The van der Waals surface area contributed by atoms with Gasteiger partial charge < -0.3 is 15.7 Å². The molecule has 0 amide bonds. The maximum absolute atomic E-state index is 5.88. The Hall–Kier alpha value is -4.38. The van der Waals surface area contributed by atoms with E-state index in [2.05, 4.69) is 88.6 Å². The largest absolute Gasteiger partial charge is 0.399 e. The van der Waals surface area contributed by atoms with Crippen molar-refractivity contribution in [3.05, 3.63) is 90.5 Å². The Bertz CT molecular complexity index is 1450. The average molecular weight is 416 g/mol. The molecule has 32 heavy (non-hydrogen) atoms. The monoisotopic (exact) mass is 415 g/mol. The maximum Gasteiger partial charge on any atom is 0.138 e. The van der Waals surface area contributed by atoms with E-state index >= 15 is 0 Å². The molecular weight excluding hydrogens is 394 g/mol. The van der Waals surface area contributed by atoms with Crippen molar-refractivity contribution in [2.24, 2.45) is 0 Å². The van der Waals surface area contributed by atoms with Gasteiger partial charge in [-0.1, -0.05) is 54.6 Å². The number of hydrogen-bond acceptors (Lipinski definition) is 3. The van der Waals surface area contributed by atoms with E-state index in [1.807, 2.05) is 18.2 Å². The summed E-state index contributed by atoms with van der Waals surface area (Å²) in [6, 6.07) is 28.9. The summed E-state index contributed by atoms with van der Waals surface area (Å²) in [7, 11) is 0. The number of H-pyrrole nitrogens is 2. The number of aromatic nitrogens is 4. The number of aromatic amines is 2. The van der Waals surface area contributed by atoms with E-state index in [0.717, 1.165) is 61.7 Å². The number of hydrogen-bond donors (Lipinski definition) is 3. The van der Waals surface area contributed by atoms with Gasteiger partial charge in [-0.05, 0) is 53.9 Å². The fourth-order valence-corrected chi connectivity index (χ4v) is 4.07. The highest BCUT2D eigenvalue weighted by Crippen LogP contribution is 2.28. The van der Waals surface area contributed by atoms with E-state index < -0.39 is 0 Å². The Morgan fingerprint density at radius 3 is 1.59 bits per heavy atom. The molecule has 4 N–H and O–H groups in total. The van der Waals surface area contributed by atoms with Gasteiger partial charge in [0.25, 0.3) is 0 Å². The third-order valence-corrected chi connectivity index (χ3v) is 5.79. The van der Waals surface area contributed by atoms with Crippen molar-refractivity contribution >= 4 is 27.8 Å². The maximum atomic E-state index is 5.88. The predicted molar refractivity (Wildman–Crippen MR) is 131 cm³/mol. The molecule has 0 saturated heterocycles. The smallest absolute Gasteiger partial charge is 0.138 e. The van der Waals surface area contributed by atoms with Crippen molar-refractivity contribution in [3.63, 3.8) is 0 Å². The Labute approximate surface area is 185 Å². The first-order valence-electron chi connectivity index (χ1n) is 10.6. The van der Waals surface area contributed by atoms with Gasteiger partial charge in [0.05, 0.1) is 22.1 Å². The Kier molecular flexibility index (Phi) is 4.08. The van der Waals surface area contributed by atoms with Gasteiger partial charge in [-0.3, -0.25) is 0 Å². The third-order valence-electron chi connectivity index (χ3n) is 5.79. The molecule has 0 aliphatic heterocycles. The summed E-state index contributed by atoms with van der Waals surface area (Å²) >= 11 is 0. The summed E-state index contributed by atoms with van der Waals surface area (Å²) < 4.78 is 0. The number of imidazole rings is 2. The second-order valence-corrected chi connectivity index (χ2v) is 8.12.